The molecule has 0 aliphatic heterocycles. The number of aliphatic carboxylic acids is 1. The van der Waals surface area contributed by atoms with Crippen LogP contribution in [0.1, 0.15) is 97.0 Å². The highest BCUT2D eigenvalue weighted by Crippen LogP contribution is 2.16. The highest BCUT2D eigenvalue weighted by atomic mass is 16.5. The number of hydrogen-bond donors (Lipinski definition) is 1. The van der Waals surface area contributed by atoms with Crippen molar-refractivity contribution in [2.75, 3.05) is 32.2 Å². The fraction of sp³-hybridized carbons (Fsp3) is 0.486. The van der Waals surface area contributed by atoms with Gasteiger partial charge in [0.15, 0.2) is 0 Å². The molecule has 44 heavy (non-hydrogen) atoms. The number of rotatable bonds is 22. The highest BCUT2D eigenvalue weighted by Gasteiger charge is 2.20. The summed E-state index contributed by atoms with van der Waals surface area (Å²) in [5.41, 5.74) is 3.64. The van der Waals surface area contributed by atoms with Gasteiger partial charge in [-0.25, -0.2) is 9.59 Å². The average Bonchev–Trinajstić information content (AvgIpc) is 3.02. The normalized spacial score (nSPS) is 12.6. The van der Waals surface area contributed by atoms with Crippen LogP contribution in [0.3, 0.4) is 0 Å². The van der Waals surface area contributed by atoms with Crippen molar-refractivity contribution in [1.29, 1.82) is 0 Å². The molecule has 0 fully saturated rings. The first-order valence-corrected chi connectivity index (χ1v) is 15.9. The zero-order valence-electron chi connectivity index (χ0n) is 27.5. The molecule has 0 saturated heterocycles. The van der Waals surface area contributed by atoms with Crippen LogP contribution < -0.4 is 4.90 Å². The number of carboxylic acids is 1. The third kappa shape index (κ3) is 17.9. The Morgan fingerprint density at radius 2 is 1.39 bits per heavy atom. The minimum atomic E-state index is -0.810. The lowest BCUT2D eigenvalue weighted by molar-refractivity contribution is -0.146. The number of carbonyl (C=O) groups is 3. The van der Waals surface area contributed by atoms with Gasteiger partial charge in [0.1, 0.15) is 5.57 Å². The van der Waals surface area contributed by atoms with Gasteiger partial charge in [-0.3, -0.25) is 4.79 Å². The van der Waals surface area contributed by atoms with Crippen molar-refractivity contribution in [2.24, 2.45) is 0 Å². The van der Waals surface area contributed by atoms with Crippen molar-refractivity contribution in [2.45, 2.75) is 91.4 Å². The van der Waals surface area contributed by atoms with E-state index >= 15 is 0 Å². The van der Waals surface area contributed by atoms with Gasteiger partial charge in [0.2, 0.25) is 0 Å². The maximum atomic E-state index is 12.6. The summed E-state index contributed by atoms with van der Waals surface area (Å²) < 4.78 is 10.2. The molecule has 0 aliphatic rings. The first-order chi connectivity index (χ1) is 21.2. The summed E-state index contributed by atoms with van der Waals surface area (Å²) in [5, 5.41) is 8.85. The topological polar surface area (TPSA) is 93.1 Å². The minimum absolute atomic E-state index is 0.0963. The van der Waals surface area contributed by atoms with Crippen LogP contribution in [0.25, 0.3) is 6.08 Å². The smallest absolute Gasteiger partial charge is 0.345 e. The number of carbonyl (C=O) groups excluding carboxylic acids is 2. The van der Waals surface area contributed by atoms with Crippen LogP contribution in [0.2, 0.25) is 0 Å². The Balaban J connectivity index is 2.56. The summed E-state index contributed by atoms with van der Waals surface area (Å²) in [6, 6.07) is 7.92. The number of nitrogens with zero attached hydrogens (tertiary/aromatic N) is 1. The second kappa shape index (κ2) is 23.6. The quantitative estimate of drug-likeness (QED) is 0.0352. The molecule has 0 atom stereocenters. The first-order valence-electron chi connectivity index (χ1n) is 15.9. The summed E-state index contributed by atoms with van der Waals surface area (Å²) in [4.78, 5) is 37.5. The Labute approximate surface area is 265 Å². The molecular formula is C37H53NO6. The molecule has 0 spiro atoms. The van der Waals surface area contributed by atoms with Gasteiger partial charge < -0.3 is 19.5 Å². The molecule has 0 aromatic heterocycles. The molecule has 0 bridgehead atoms. The number of hydrogen-bond acceptors (Lipinski definition) is 6. The molecule has 1 aromatic carbocycles. The lowest BCUT2D eigenvalue weighted by Crippen LogP contribution is -2.20. The summed E-state index contributed by atoms with van der Waals surface area (Å²) >= 11 is 0. The summed E-state index contributed by atoms with van der Waals surface area (Å²) in [7, 11) is 3.13. The van der Waals surface area contributed by atoms with E-state index in [4.69, 9.17) is 14.6 Å². The highest BCUT2D eigenvalue weighted by molar-refractivity contribution is 6.14. The number of unbranched alkanes of at least 4 members (excludes halogenated alkanes) is 9. The number of methoxy groups -OCH3 is 1. The standard InChI is InChI=1S/C37H53NO6/c1-6-7-8-9-10-11-12-13-14-17-28-44-37(42)34(36(41)43-5)29-31(3)19-16-15-18-30(2)20-21-32-22-24-33(25-23-32)38(4)27-26-35(39)40/h15-16,18-25,29H,6-14,17,26-28H2,1-5H3,(H,39,40). The van der Waals surface area contributed by atoms with Crippen LogP contribution in [0.5, 0.6) is 0 Å². The monoisotopic (exact) mass is 607 g/mol. The Morgan fingerprint density at radius 1 is 0.818 bits per heavy atom. The van der Waals surface area contributed by atoms with E-state index < -0.39 is 17.9 Å². The van der Waals surface area contributed by atoms with Crippen molar-refractivity contribution in [3.63, 3.8) is 0 Å². The van der Waals surface area contributed by atoms with Gasteiger partial charge in [-0.1, -0.05) is 124 Å². The fourth-order valence-corrected chi connectivity index (χ4v) is 4.35. The van der Waals surface area contributed by atoms with E-state index in [2.05, 4.69) is 6.92 Å². The number of allylic oxidation sites excluding steroid dienone is 8. The van der Waals surface area contributed by atoms with E-state index in [-0.39, 0.29) is 18.6 Å². The number of esters is 2. The molecule has 0 aliphatic carbocycles. The van der Waals surface area contributed by atoms with Gasteiger partial charge in [0.05, 0.1) is 20.1 Å². The van der Waals surface area contributed by atoms with E-state index in [1.807, 2.05) is 86.5 Å². The Kier molecular flexibility index (Phi) is 20.4. The number of benzene rings is 1. The first kappa shape index (κ1) is 38.2. The van der Waals surface area contributed by atoms with Crippen molar-refractivity contribution < 1.29 is 29.0 Å². The minimum Gasteiger partial charge on any atom is -0.481 e. The van der Waals surface area contributed by atoms with E-state index in [1.54, 1.807) is 0 Å². The summed E-state index contributed by atoms with van der Waals surface area (Å²) in [5.74, 6) is -2.18. The second-order valence-corrected chi connectivity index (χ2v) is 11.1. The molecule has 0 amide bonds. The zero-order chi connectivity index (χ0) is 32.6. The Hall–Kier alpha value is -3.87. The van der Waals surface area contributed by atoms with Crippen molar-refractivity contribution in [3.05, 3.63) is 83.0 Å². The Bertz CT molecular complexity index is 1160. The van der Waals surface area contributed by atoms with Crippen LogP contribution in [0.15, 0.2) is 77.4 Å². The van der Waals surface area contributed by atoms with Crippen molar-refractivity contribution >= 4 is 29.7 Å². The molecule has 242 valence electrons. The van der Waals surface area contributed by atoms with Gasteiger partial charge in [-0.05, 0) is 44.0 Å². The van der Waals surface area contributed by atoms with Crippen LogP contribution in [0.4, 0.5) is 5.69 Å². The number of carboxylic acid groups (broad SMARTS) is 1. The van der Waals surface area contributed by atoms with Gasteiger partial charge in [-0.15, -0.1) is 0 Å². The van der Waals surface area contributed by atoms with E-state index in [0.717, 1.165) is 36.1 Å². The predicted octanol–water partition coefficient (Wildman–Crippen LogP) is 8.62. The van der Waals surface area contributed by atoms with Crippen LogP contribution in [-0.2, 0) is 23.9 Å². The van der Waals surface area contributed by atoms with Crippen LogP contribution in [-0.4, -0.2) is 50.3 Å². The number of ether oxygens (including phenoxy) is 2. The maximum absolute atomic E-state index is 12.6. The molecule has 1 aromatic rings. The molecule has 0 unspecified atom stereocenters. The second-order valence-electron chi connectivity index (χ2n) is 11.1. The third-order valence-corrected chi connectivity index (χ3v) is 7.09. The number of anilines is 1. The lowest BCUT2D eigenvalue weighted by Gasteiger charge is -2.18. The SMILES string of the molecule is CCCCCCCCCCCCOC(=O)C(=CC(C)=CC=CC=C(C)C=Cc1ccc(N(C)CCC(=O)O)cc1)C(=O)OC. The van der Waals surface area contributed by atoms with Gasteiger partial charge in [0, 0.05) is 19.3 Å². The van der Waals surface area contributed by atoms with Crippen LogP contribution in [0, 0.1) is 0 Å². The van der Waals surface area contributed by atoms with Gasteiger partial charge in [0.25, 0.3) is 0 Å². The van der Waals surface area contributed by atoms with Crippen molar-refractivity contribution in [1.82, 2.24) is 0 Å². The molecule has 0 saturated carbocycles. The van der Waals surface area contributed by atoms with Crippen molar-refractivity contribution in [3.8, 4) is 0 Å². The predicted molar refractivity (Wildman–Crippen MR) is 181 cm³/mol. The molecular weight excluding hydrogens is 554 g/mol. The Morgan fingerprint density at radius 3 is 1.95 bits per heavy atom. The molecule has 1 rings (SSSR count). The van der Waals surface area contributed by atoms with E-state index in [0.29, 0.717) is 12.1 Å². The van der Waals surface area contributed by atoms with Gasteiger partial charge in [-0.2, -0.15) is 0 Å². The summed E-state index contributed by atoms with van der Waals surface area (Å²) in [6.45, 7) is 6.77. The molecule has 7 nitrogen and oxygen atoms in total. The largest absolute Gasteiger partial charge is 0.481 e. The van der Waals surface area contributed by atoms with E-state index in [9.17, 15) is 14.4 Å². The molecule has 0 radical (unpaired) electrons. The van der Waals surface area contributed by atoms with Gasteiger partial charge >= 0.3 is 17.9 Å². The fourth-order valence-electron chi connectivity index (χ4n) is 4.35. The van der Waals surface area contributed by atoms with E-state index in [1.165, 1.54) is 58.1 Å². The molecule has 0 heterocycles. The molecule has 1 N–H and O–H groups in total. The average molecular weight is 608 g/mol. The molecule has 7 heteroatoms. The third-order valence-electron chi connectivity index (χ3n) is 7.09. The lowest BCUT2D eigenvalue weighted by atomic mass is 10.1. The summed E-state index contributed by atoms with van der Waals surface area (Å²) in [6.07, 6.45) is 25.0. The maximum Gasteiger partial charge on any atom is 0.345 e. The van der Waals surface area contributed by atoms with Crippen LogP contribution >= 0.6 is 0 Å². The zero-order valence-corrected chi connectivity index (χ0v) is 27.5.